The lowest BCUT2D eigenvalue weighted by atomic mass is 10.1. The second-order valence-electron chi connectivity index (χ2n) is 9.85. The molecular formula is C27H47NO8. The zero-order valence-electron chi connectivity index (χ0n) is 22.2. The molecule has 208 valence electrons. The lowest BCUT2D eigenvalue weighted by Gasteiger charge is -2.31. The van der Waals surface area contributed by atoms with Gasteiger partial charge in [0.05, 0.1) is 26.6 Å². The van der Waals surface area contributed by atoms with E-state index in [1.807, 2.05) is 30.3 Å². The lowest BCUT2D eigenvalue weighted by Crippen LogP contribution is -2.47. The molecule has 1 rings (SSSR count). The zero-order valence-corrected chi connectivity index (χ0v) is 22.2. The number of carboxylic acids is 2. The molecule has 9 heteroatoms. The van der Waals surface area contributed by atoms with Gasteiger partial charge in [-0.15, -0.1) is 0 Å². The van der Waals surface area contributed by atoms with E-state index < -0.39 is 30.3 Å². The first kappa shape index (κ1) is 33.8. The van der Waals surface area contributed by atoms with E-state index in [1.165, 1.54) is 64.2 Å². The summed E-state index contributed by atoms with van der Waals surface area (Å²) >= 11 is 0. The Hall–Kier alpha value is -2.20. The maximum atomic E-state index is 10.3. The number of carbonyl (C=O) groups is 2. The number of ether oxygens (including phenoxy) is 1. The van der Waals surface area contributed by atoms with Crippen molar-refractivity contribution in [2.75, 3.05) is 33.8 Å². The predicted octanol–water partition coefficient (Wildman–Crippen LogP) is 1.97. The summed E-state index contributed by atoms with van der Waals surface area (Å²) in [6.45, 7) is 4.50. The van der Waals surface area contributed by atoms with Crippen LogP contribution in [0.25, 0.3) is 0 Å². The van der Waals surface area contributed by atoms with E-state index in [9.17, 15) is 19.8 Å². The summed E-state index contributed by atoms with van der Waals surface area (Å²) in [4.78, 5) is 19.4. The van der Waals surface area contributed by atoms with Crippen molar-refractivity contribution in [3.8, 4) is 5.75 Å². The summed E-state index contributed by atoms with van der Waals surface area (Å²) < 4.78 is 6.52. The predicted molar refractivity (Wildman–Crippen MR) is 136 cm³/mol. The molecule has 0 saturated heterocycles. The molecular weight excluding hydrogens is 466 g/mol. The smallest absolute Gasteiger partial charge is 0.335 e. The van der Waals surface area contributed by atoms with Crippen molar-refractivity contribution in [3.05, 3.63) is 30.3 Å². The van der Waals surface area contributed by atoms with Crippen molar-refractivity contribution in [2.45, 2.75) is 89.4 Å². The molecule has 1 aromatic rings. The number of para-hydroxylation sites is 1. The van der Waals surface area contributed by atoms with Gasteiger partial charge in [0.2, 0.25) is 0 Å². The SMILES string of the molecule is CCCCCCCCCCCC[N+](C)(C)CC(O)COc1ccccc1.O=C([O-])C(O)C(O)C(=O)O. The van der Waals surface area contributed by atoms with Crippen molar-refractivity contribution in [2.24, 2.45) is 0 Å². The third-order valence-electron chi connectivity index (χ3n) is 5.80. The molecule has 0 spiro atoms. The van der Waals surface area contributed by atoms with Crippen LogP contribution in [0.4, 0.5) is 0 Å². The van der Waals surface area contributed by atoms with Crippen molar-refractivity contribution in [3.63, 3.8) is 0 Å². The molecule has 0 aromatic heterocycles. The third kappa shape index (κ3) is 18.1. The van der Waals surface area contributed by atoms with E-state index in [1.54, 1.807) is 0 Å². The van der Waals surface area contributed by atoms with Gasteiger partial charge in [-0.25, -0.2) is 4.79 Å². The van der Waals surface area contributed by atoms with Crippen LogP contribution in [0.5, 0.6) is 5.75 Å². The largest absolute Gasteiger partial charge is 0.547 e. The molecule has 0 fully saturated rings. The van der Waals surface area contributed by atoms with Crippen molar-refractivity contribution in [1.29, 1.82) is 0 Å². The summed E-state index contributed by atoms with van der Waals surface area (Å²) in [5.74, 6) is -3.00. The Morgan fingerprint density at radius 3 is 1.81 bits per heavy atom. The number of benzene rings is 1. The van der Waals surface area contributed by atoms with Crippen LogP contribution < -0.4 is 9.84 Å². The summed E-state index contributed by atoms with van der Waals surface area (Å²) in [7, 11) is 4.42. The zero-order chi connectivity index (χ0) is 27.4. The molecule has 0 amide bonds. The number of carbonyl (C=O) groups excluding carboxylic acids is 1. The molecule has 36 heavy (non-hydrogen) atoms. The Labute approximate surface area is 215 Å². The van der Waals surface area contributed by atoms with Crippen LogP contribution in [0.2, 0.25) is 0 Å². The molecule has 1 aromatic carbocycles. The van der Waals surface area contributed by atoms with Crippen molar-refractivity contribution in [1.82, 2.24) is 0 Å². The molecule has 0 aliphatic heterocycles. The number of aliphatic carboxylic acids is 2. The topological polar surface area (TPSA) is 147 Å². The van der Waals surface area contributed by atoms with E-state index in [0.29, 0.717) is 6.61 Å². The summed E-state index contributed by atoms with van der Waals surface area (Å²) in [5.41, 5.74) is 0. The number of aliphatic hydroxyl groups excluding tert-OH is 3. The average molecular weight is 514 g/mol. The number of nitrogens with zero attached hydrogens (tertiary/aromatic N) is 1. The van der Waals surface area contributed by atoms with Crippen LogP contribution in [0.1, 0.15) is 71.1 Å². The second kappa shape index (κ2) is 19.9. The van der Waals surface area contributed by atoms with Gasteiger partial charge in [0.1, 0.15) is 31.1 Å². The average Bonchev–Trinajstić information content (AvgIpc) is 2.83. The summed E-state index contributed by atoms with van der Waals surface area (Å²) in [6, 6.07) is 9.72. The summed E-state index contributed by atoms with van der Waals surface area (Å²) in [5, 5.41) is 44.4. The number of likely N-dealkylation sites (N-methyl/N-ethyl adjacent to an activating group) is 1. The van der Waals surface area contributed by atoms with Gasteiger partial charge in [0, 0.05) is 0 Å². The monoisotopic (exact) mass is 513 g/mol. The second-order valence-corrected chi connectivity index (χ2v) is 9.85. The third-order valence-corrected chi connectivity index (χ3v) is 5.80. The highest BCUT2D eigenvalue weighted by molar-refractivity contribution is 5.82. The van der Waals surface area contributed by atoms with Gasteiger partial charge in [-0.3, -0.25) is 0 Å². The number of rotatable bonds is 19. The molecule has 3 atom stereocenters. The Bertz CT molecular complexity index is 680. The fourth-order valence-electron chi connectivity index (χ4n) is 3.71. The first-order chi connectivity index (χ1) is 17.0. The van der Waals surface area contributed by atoms with Crippen LogP contribution in [-0.2, 0) is 9.59 Å². The highest BCUT2D eigenvalue weighted by atomic mass is 16.5. The number of hydrogen-bond acceptors (Lipinski definition) is 7. The quantitative estimate of drug-likeness (QED) is 0.162. The Morgan fingerprint density at radius 2 is 1.36 bits per heavy atom. The lowest BCUT2D eigenvalue weighted by molar-refractivity contribution is -0.893. The van der Waals surface area contributed by atoms with Gasteiger partial charge in [0.15, 0.2) is 6.10 Å². The van der Waals surface area contributed by atoms with E-state index in [-0.39, 0.29) is 0 Å². The maximum Gasteiger partial charge on any atom is 0.335 e. The van der Waals surface area contributed by atoms with Gasteiger partial charge in [-0.2, -0.15) is 0 Å². The van der Waals surface area contributed by atoms with Crippen LogP contribution >= 0.6 is 0 Å². The molecule has 0 saturated carbocycles. The molecule has 9 nitrogen and oxygen atoms in total. The van der Waals surface area contributed by atoms with Crippen LogP contribution in [-0.4, -0.2) is 89.0 Å². The standard InChI is InChI=1S/C23H42NO2.C4H6O6/c1-4-5-6-7-8-9-10-11-12-16-19-24(2,3)20-22(25)21-26-23-17-14-13-15-18-23;5-1(3(7)8)2(6)4(9)10/h13-15,17-18,22,25H,4-12,16,19-21H2,1-3H3;1-2,5-6H,(H,7,8)(H,9,10)/q+1;/p-1. The molecule has 0 aliphatic rings. The fraction of sp³-hybridized carbons (Fsp3) is 0.704. The van der Waals surface area contributed by atoms with E-state index >= 15 is 0 Å². The maximum absolute atomic E-state index is 10.3. The highest BCUT2D eigenvalue weighted by Crippen LogP contribution is 2.13. The van der Waals surface area contributed by atoms with Crippen LogP contribution in [0, 0.1) is 0 Å². The molecule has 0 heterocycles. The Balaban J connectivity index is 0.00000103. The molecule has 3 unspecified atom stereocenters. The van der Waals surface area contributed by atoms with Gasteiger partial charge < -0.3 is 39.5 Å². The van der Waals surface area contributed by atoms with Gasteiger partial charge in [0.25, 0.3) is 0 Å². The van der Waals surface area contributed by atoms with Gasteiger partial charge in [-0.05, 0) is 25.0 Å². The van der Waals surface area contributed by atoms with Crippen molar-refractivity contribution >= 4 is 11.9 Å². The number of aliphatic hydroxyl groups is 3. The highest BCUT2D eigenvalue weighted by Gasteiger charge is 2.24. The van der Waals surface area contributed by atoms with E-state index in [0.717, 1.165) is 23.3 Å². The minimum Gasteiger partial charge on any atom is -0.547 e. The van der Waals surface area contributed by atoms with Gasteiger partial charge in [-0.1, -0.05) is 76.5 Å². The molecule has 0 bridgehead atoms. The number of quaternary nitrogens is 1. The normalized spacial score (nSPS) is 13.7. The van der Waals surface area contributed by atoms with E-state index in [4.69, 9.17) is 20.1 Å². The molecule has 0 radical (unpaired) electrons. The van der Waals surface area contributed by atoms with Crippen molar-refractivity contribution < 1.29 is 44.3 Å². The van der Waals surface area contributed by atoms with E-state index in [2.05, 4.69) is 21.0 Å². The minimum atomic E-state index is -2.38. The number of unbranched alkanes of at least 4 members (excludes halogenated alkanes) is 9. The fourth-order valence-corrected chi connectivity index (χ4v) is 3.71. The van der Waals surface area contributed by atoms with Crippen LogP contribution in [0.3, 0.4) is 0 Å². The van der Waals surface area contributed by atoms with Gasteiger partial charge >= 0.3 is 5.97 Å². The number of carboxylic acid groups (broad SMARTS) is 2. The minimum absolute atomic E-state index is 0.365. The first-order valence-corrected chi connectivity index (χ1v) is 13.0. The number of hydrogen-bond donors (Lipinski definition) is 4. The summed E-state index contributed by atoms with van der Waals surface area (Å²) in [6.07, 6.45) is 8.54. The Kier molecular flexibility index (Phi) is 18.7. The molecule has 0 aliphatic carbocycles. The first-order valence-electron chi connectivity index (χ1n) is 13.0. The van der Waals surface area contributed by atoms with Crippen LogP contribution in [0.15, 0.2) is 30.3 Å². The Morgan fingerprint density at radius 1 is 0.861 bits per heavy atom. The molecule has 4 N–H and O–H groups in total.